The minimum absolute atomic E-state index is 0.0362. The largest absolute Gasteiger partial charge is 0.394 e. The van der Waals surface area contributed by atoms with E-state index in [1.807, 2.05) is 30.3 Å². The van der Waals surface area contributed by atoms with Crippen molar-refractivity contribution in [2.75, 3.05) is 13.2 Å². The maximum Gasteiger partial charge on any atom is 0.172 e. The summed E-state index contributed by atoms with van der Waals surface area (Å²) in [7, 11) is 0. The van der Waals surface area contributed by atoms with Crippen LogP contribution in [0.1, 0.15) is 31.2 Å². The van der Waals surface area contributed by atoms with E-state index in [4.69, 9.17) is 14.6 Å². The molecule has 2 N–H and O–H groups in total. The molecule has 2 aliphatic rings. The van der Waals surface area contributed by atoms with Crippen molar-refractivity contribution in [2.24, 2.45) is 0 Å². The van der Waals surface area contributed by atoms with Crippen molar-refractivity contribution in [1.82, 2.24) is 0 Å². The molecule has 2 fully saturated rings. The first-order valence-corrected chi connectivity index (χ1v) is 6.86. The molecule has 1 aromatic rings. The first-order valence-electron chi connectivity index (χ1n) is 6.86. The van der Waals surface area contributed by atoms with E-state index in [-0.39, 0.29) is 12.7 Å². The molecule has 1 saturated carbocycles. The van der Waals surface area contributed by atoms with E-state index in [1.54, 1.807) is 0 Å². The van der Waals surface area contributed by atoms with Crippen LogP contribution in [0, 0.1) is 0 Å². The van der Waals surface area contributed by atoms with E-state index in [0.29, 0.717) is 13.0 Å². The third-order valence-corrected chi connectivity index (χ3v) is 4.14. The van der Waals surface area contributed by atoms with Crippen LogP contribution in [-0.2, 0) is 15.1 Å². The van der Waals surface area contributed by atoms with Gasteiger partial charge in [0.05, 0.1) is 18.8 Å². The van der Waals surface area contributed by atoms with Gasteiger partial charge >= 0.3 is 0 Å². The first kappa shape index (κ1) is 13.1. The molecule has 0 bridgehead atoms. The fraction of sp³-hybridized carbons (Fsp3) is 0.600. The van der Waals surface area contributed by atoms with Crippen LogP contribution in [0.15, 0.2) is 30.3 Å². The second-order valence-corrected chi connectivity index (χ2v) is 5.57. The first-order chi connectivity index (χ1) is 9.16. The summed E-state index contributed by atoms with van der Waals surface area (Å²) in [5.74, 6) is -0.726. The summed E-state index contributed by atoms with van der Waals surface area (Å²) in [5.41, 5.74) is 0.0119. The van der Waals surface area contributed by atoms with Gasteiger partial charge in [-0.15, -0.1) is 0 Å². The molecule has 3 unspecified atom stereocenters. The Bertz CT molecular complexity index is 435. The number of rotatable bonds is 2. The molecule has 1 saturated heterocycles. The molecule has 1 spiro atoms. The van der Waals surface area contributed by atoms with Crippen molar-refractivity contribution >= 4 is 0 Å². The normalized spacial score (nSPS) is 38.7. The molecule has 4 heteroatoms. The Balaban J connectivity index is 1.82. The monoisotopic (exact) mass is 264 g/mol. The maximum atomic E-state index is 10.9. The number of hydrogen-bond donors (Lipinski definition) is 2. The number of benzene rings is 1. The maximum absolute atomic E-state index is 10.9. The van der Waals surface area contributed by atoms with Crippen molar-refractivity contribution in [3.63, 3.8) is 0 Å². The van der Waals surface area contributed by atoms with Gasteiger partial charge in [-0.25, -0.2) is 0 Å². The molecule has 104 valence electrons. The topological polar surface area (TPSA) is 58.9 Å². The van der Waals surface area contributed by atoms with Crippen LogP contribution in [0.2, 0.25) is 0 Å². The van der Waals surface area contributed by atoms with Gasteiger partial charge < -0.3 is 19.7 Å². The minimum atomic E-state index is -0.899. The highest BCUT2D eigenvalue weighted by Crippen LogP contribution is 2.46. The Morgan fingerprint density at radius 1 is 1.21 bits per heavy atom. The lowest BCUT2D eigenvalue weighted by Crippen LogP contribution is -2.45. The molecule has 1 aliphatic carbocycles. The zero-order chi connectivity index (χ0) is 13.3. The zero-order valence-electron chi connectivity index (χ0n) is 10.9. The lowest BCUT2D eigenvalue weighted by Gasteiger charge is -2.42. The van der Waals surface area contributed by atoms with Crippen LogP contribution in [-0.4, -0.2) is 35.3 Å². The summed E-state index contributed by atoms with van der Waals surface area (Å²) in [6, 6.07) is 9.69. The molecular formula is C15H20O4. The summed E-state index contributed by atoms with van der Waals surface area (Å²) in [6.07, 6.45) is 2.51. The zero-order valence-corrected chi connectivity index (χ0v) is 10.9. The fourth-order valence-electron chi connectivity index (χ4n) is 3.20. The number of aliphatic hydroxyl groups is 2. The van der Waals surface area contributed by atoms with E-state index in [0.717, 1.165) is 24.8 Å². The van der Waals surface area contributed by atoms with Crippen LogP contribution >= 0.6 is 0 Å². The van der Waals surface area contributed by atoms with Gasteiger partial charge in [-0.2, -0.15) is 0 Å². The van der Waals surface area contributed by atoms with Gasteiger partial charge in [0.1, 0.15) is 6.10 Å². The van der Waals surface area contributed by atoms with E-state index in [9.17, 15) is 5.11 Å². The summed E-state index contributed by atoms with van der Waals surface area (Å²) in [5, 5.41) is 20.1. The standard InChI is InChI=1S/C15H20O4/c16-9-13-10-18-15(19-13)8-4-7-14(17,11-15)12-5-2-1-3-6-12/h1-3,5-6,13,16-17H,4,7-11H2. The average molecular weight is 264 g/mol. The number of ether oxygens (including phenoxy) is 2. The molecule has 1 aliphatic heterocycles. The Hall–Kier alpha value is -0.940. The highest BCUT2D eigenvalue weighted by Gasteiger charge is 2.50. The Kier molecular flexibility index (Phi) is 3.35. The SMILES string of the molecule is OCC1COC2(CCCC(O)(c3ccccc3)C2)O1. The molecule has 0 amide bonds. The van der Waals surface area contributed by atoms with Gasteiger partial charge in [0.15, 0.2) is 5.79 Å². The summed E-state index contributed by atoms with van der Waals surface area (Å²) in [4.78, 5) is 0. The van der Waals surface area contributed by atoms with E-state index in [1.165, 1.54) is 0 Å². The van der Waals surface area contributed by atoms with Crippen molar-refractivity contribution in [2.45, 2.75) is 43.2 Å². The van der Waals surface area contributed by atoms with Gasteiger partial charge in [0.2, 0.25) is 0 Å². The Labute approximate surface area is 113 Å². The molecule has 4 nitrogen and oxygen atoms in total. The van der Waals surface area contributed by atoms with Gasteiger partial charge in [-0.1, -0.05) is 30.3 Å². The number of hydrogen-bond acceptors (Lipinski definition) is 4. The van der Waals surface area contributed by atoms with Crippen molar-refractivity contribution in [3.05, 3.63) is 35.9 Å². The van der Waals surface area contributed by atoms with Gasteiger partial charge in [-0.05, 0) is 18.4 Å². The van der Waals surface area contributed by atoms with Crippen molar-refractivity contribution in [1.29, 1.82) is 0 Å². The second-order valence-electron chi connectivity index (χ2n) is 5.57. The van der Waals surface area contributed by atoms with Crippen LogP contribution in [0.25, 0.3) is 0 Å². The predicted molar refractivity (Wildman–Crippen MR) is 69.4 cm³/mol. The van der Waals surface area contributed by atoms with Crippen molar-refractivity contribution < 1.29 is 19.7 Å². The Morgan fingerprint density at radius 3 is 2.68 bits per heavy atom. The third kappa shape index (κ3) is 2.41. The molecule has 0 aromatic heterocycles. The van der Waals surface area contributed by atoms with E-state index in [2.05, 4.69) is 0 Å². The Morgan fingerprint density at radius 2 is 2.00 bits per heavy atom. The second kappa shape index (κ2) is 4.87. The lowest BCUT2D eigenvalue weighted by atomic mass is 9.76. The van der Waals surface area contributed by atoms with Crippen LogP contribution in [0.4, 0.5) is 0 Å². The molecule has 1 heterocycles. The van der Waals surface area contributed by atoms with Crippen LogP contribution in [0.3, 0.4) is 0 Å². The molecule has 19 heavy (non-hydrogen) atoms. The van der Waals surface area contributed by atoms with Crippen molar-refractivity contribution in [3.8, 4) is 0 Å². The highest BCUT2D eigenvalue weighted by molar-refractivity contribution is 5.23. The number of aliphatic hydroxyl groups excluding tert-OH is 1. The van der Waals surface area contributed by atoms with Gasteiger partial charge in [0.25, 0.3) is 0 Å². The van der Waals surface area contributed by atoms with Gasteiger partial charge in [-0.3, -0.25) is 0 Å². The molecule has 3 rings (SSSR count). The molecule has 3 atom stereocenters. The lowest BCUT2D eigenvalue weighted by molar-refractivity contribution is -0.229. The van der Waals surface area contributed by atoms with E-state index < -0.39 is 11.4 Å². The quantitative estimate of drug-likeness (QED) is 0.851. The molecular weight excluding hydrogens is 244 g/mol. The smallest absolute Gasteiger partial charge is 0.172 e. The summed E-state index contributed by atoms with van der Waals surface area (Å²) < 4.78 is 11.6. The minimum Gasteiger partial charge on any atom is -0.394 e. The summed E-state index contributed by atoms with van der Waals surface area (Å²) >= 11 is 0. The summed E-state index contributed by atoms with van der Waals surface area (Å²) in [6.45, 7) is 0.368. The highest BCUT2D eigenvalue weighted by atomic mass is 16.7. The third-order valence-electron chi connectivity index (χ3n) is 4.14. The van der Waals surface area contributed by atoms with Crippen LogP contribution in [0.5, 0.6) is 0 Å². The molecule has 0 radical (unpaired) electrons. The van der Waals surface area contributed by atoms with E-state index >= 15 is 0 Å². The fourth-order valence-corrected chi connectivity index (χ4v) is 3.20. The predicted octanol–water partition coefficient (Wildman–Crippen LogP) is 1.55. The van der Waals surface area contributed by atoms with Crippen LogP contribution < -0.4 is 0 Å². The van der Waals surface area contributed by atoms with Gasteiger partial charge in [0, 0.05) is 12.8 Å². The average Bonchev–Trinajstić information content (AvgIpc) is 2.82. The molecule has 1 aromatic carbocycles.